The summed E-state index contributed by atoms with van der Waals surface area (Å²) in [6.45, 7) is 0. The Morgan fingerprint density at radius 3 is 1.08 bits per heavy atom. The maximum absolute atomic E-state index is 6.15. The molecule has 9 rings (SSSR count). The fraction of sp³-hybridized carbons (Fsp3) is 0. The van der Waals surface area contributed by atoms with Crippen molar-refractivity contribution in [2.24, 2.45) is 0 Å². The third kappa shape index (κ3) is 5.63. The molecule has 0 bridgehead atoms. The van der Waals surface area contributed by atoms with Crippen LogP contribution in [0.3, 0.4) is 0 Å². The van der Waals surface area contributed by atoms with Crippen LogP contribution in [0.5, 0.6) is 0 Å². The van der Waals surface area contributed by atoms with E-state index in [9.17, 15) is 0 Å². The fourth-order valence-electron chi connectivity index (χ4n) is 6.88. The minimum Gasteiger partial charge on any atom is -0.456 e. The Morgan fingerprint density at radius 2 is 0.600 bits per heavy atom. The lowest BCUT2D eigenvalue weighted by Crippen LogP contribution is -2.09. The number of hydrogen-bond acceptors (Lipinski definition) is 2. The fourth-order valence-corrected chi connectivity index (χ4v) is 6.88. The summed E-state index contributed by atoms with van der Waals surface area (Å²) < 4.78 is 6.15. The summed E-state index contributed by atoms with van der Waals surface area (Å²) in [4.78, 5) is 2.32. The number of rotatable bonds is 7. The van der Waals surface area contributed by atoms with Crippen LogP contribution >= 0.6 is 0 Å². The third-order valence-corrected chi connectivity index (χ3v) is 9.52. The van der Waals surface area contributed by atoms with Crippen molar-refractivity contribution in [3.8, 4) is 44.5 Å². The quantitative estimate of drug-likeness (QED) is 0.173. The molecule has 2 nitrogen and oxygen atoms in total. The number of furan rings is 1. The highest BCUT2D eigenvalue weighted by Gasteiger charge is 2.14. The Kier molecular flexibility index (Phi) is 7.53. The van der Waals surface area contributed by atoms with Gasteiger partial charge in [-0.25, -0.2) is 0 Å². The highest BCUT2D eigenvalue weighted by Crippen LogP contribution is 2.38. The topological polar surface area (TPSA) is 16.4 Å². The first kappa shape index (κ1) is 29.5. The Bertz CT molecular complexity index is 2450. The van der Waals surface area contributed by atoms with E-state index in [0.717, 1.165) is 50.1 Å². The Morgan fingerprint density at radius 1 is 0.260 bits per heavy atom. The Hall–Kier alpha value is -6.64. The Balaban J connectivity index is 1.02. The predicted molar refractivity (Wildman–Crippen MR) is 210 cm³/mol. The number of anilines is 3. The number of benzene rings is 8. The first-order valence-electron chi connectivity index (χ1n) is 17.0. The van der Waals surface area contributed by atoms with Crippen LogP contribution in [-0.4, -0.2) is 0 Å². The number of hydrogen-bond donors (Lipinski definition) is 0. The van der Waals surface area contributed by atoms with Crippen LogP contribution in [-0.2, 0) is 0 Å². The van der Waals surface area contributed by atoms with Gasteiger partial charge in [0.15, 0.2) is 0 Å². The van der Waals surface area contributed by atoms with E-state index in [0.29, 0.717) is 0 Å². The molecule has 2 heteroatoms. The second-order valence-electron chi connectivity index (χ2n) is 12.6. The van der Waals surface area contributed by atoms with Gasteiger partial charge in [0.05, 0.1) is 0 Å². The molecule has 0 atom stereocenters. The lowest BCUT2D eigenvalue weighted by Gasteiger charge is -2.26. The van der Waals surface area contributed by atoms with Gasteiger partial charge in [0.2, 0.25) is 0 Å². The Labute approximate surface area is 292 Å². The van der Waals surface area contributed by atoms with Gasteiger partial charge in [0.25, 0.3) is 0 Å². The molecule has 1 aromatic heterocycles. The van der Waals surface area contributed by atoms with Crippen LogP contribution in [0.25, 0.3) is 66.4 Å². The highest BCUT2D eigenvalue weighted by molar-refractivity contribution is 6.05. The van der Waals surface area contributed by atoms with Crippen LogP contribution in [0.15, 0.2) is 205 Å². The zero-order valence-corrected chi connectivity index (χ0v) is 27.4. The molecule has 50 heavy (non-hydrogen) atoms. The number of nitrogens with zero attached hydrogens (tertiary/aromatic N) is 1. The van der Waals surface area contributed by atoms with E-state index in [1.165, 1.54) is 33.4 Å². The van der Waals surface area contributed by atoms with E-state index < -0.39 is 0 Å². The molecule has 1 heterocycles. The van der Waals surface area contributed by atoms with Crippen molar-refractivity contribution in [2.75, 3.05) is 4.90 Å². The molecule has 0 radical (unpaired) electrons. The molecule has 0 aliphatic heterocycles. The standard InChI is InChI=1S/C48H33NO/c1-3-9-34(10-4-1)37-19-26-42(27-20-37)49(43-28-21-38(22-29-43)35-11-5-2-6-12-35)44-30-23-39(24-31-44)36-15-17-40(18-16-36)41-25-32-46-45-13-7-8-14-47(45)50-48(46)33-41/h1-33H. The van der Waals surface area contributed by atoms with Crippen molar-refractivity contribution in [1.29, 1.82) is 0 Å². The van der Waals surface area contributed by atoms with E-state index in [1.807, 2.05) is 12.1 Å². The second kappa shape index (κ2) is 12.8. The monoisotopic (exact) mass is 639 g/mol. The molecule has 0 unspecified atom stereocenters. The molecular formula is C48H33NO. The summed E-state index contributed by atoms with van der Waals surface area (Å²) >= 11 is 0. The minimum absolute atomic E-state index is 0.914. The summed E-state index contributed by atoms with van der Waals surface area (Å²) in [6, 6.07) is 71.1. The SMILES string of the molecule is c1ccc(-c2ccc(N(c3ccc(-c4ccccc4)cc3)c3ccc(-c4ccc(-c5ccc6c(c5)oc5ccccc56)cc4)cc3)cc2)cc1. The molecule has 8 aromatic carbocycles. The van der Waals surface area contributed by atoms with Crippen LogP contribution in [0.4, 0.5) is 17.1 Å². The number of para-hydroxylation sites is 1. The molecule has 0 saturated carbocycles. The van der Waals surface area contributed by atoms with Gasteiger partial charge in [-0.05, 0) is 99.1 Å². The summed E-state index contributed by atoms with van der Waals surface area (Å²) in [5.41, 5.74) is 14.6. The van der Waals surface area contributed by atoms with Gasteiger partial charge in [0.1, 0.15) is 11.2 Å². The van der Waals surface area contributed by atoms with Crippen molar-refractivity contribution in [1.82, 2.24) is 0 Å². The van der Waals surface area contributed by atoms with Crippen LogP contribution < -0.4 is 4.90 Å². The molecule has 0 spiro atoms. The van der Waals surface area contributed by atoms with E-state index in [1.54, 1.807) is 0 Å². The number of fused-ring (bicyclic) bond motifs is 3. The second-order valence-corrected chi connectivity index (χ2v) is 12.6. The summed E-state index contributed by atoms with van der Waals surface area (Å²) in [7, 11) is 0. The predicted octanol–water partition coefficient (Wildman–Crippen LogP) is 13.7. The van der Waals surface area contributed by atoms with Crippen molar-refractivity contribution >= 4 is 39.0 Å². The van der Waals surface area contributed by atoms with Gasteiger partial charge in [-0.3, -0.25) is 0 Å². The van der Waals surface area contributed by atoms with Gasteiger partial charge in [-0.2, -0.15) is 0 Å². The molecule has 0 N–H and O–H groups in total. The van der Waals surface area contributed by atoms with Crippen molar-refractivity contribution < 1.29 is 4.42 Å². The van der Waals surface area contributed by atoms with Crippen molar-refractivity contribution in [3.63, 3.8) is 0 Å². The van der Waals surface area contributed by atoms with Crippen LogP contribution in [0.1, 0.15) is 0 Å². The average Bonchev–Trinajstić information content (AvgIpc) is 3.58. The van der Waals surface area contributed by atoms with E-state index in [-0.39, 0.29) is 0 Å². The van der Waals surface area contributed by atoms with Crippen LogP contribution in [0, 0.1) is 0 Å². The van der Waals surface area contributed by atoms with Gasteiger partial charge in [-0.1, -0.05) is 146 Å². The summed E-state index contributed by atoms with van der Waals surface area (Å²) in [5, 5.41) is 2.30. The maximum atomic E-state index is 6.15. The van der Waals surface area contributed by atoms with E-state index in [2.05, 4.69) is 193 Å². The third-order valence-electron chi connectivity index (χ3n) is 9.52. The van der Waals surface area contributed by atoms with Crippen molar-refractivity contribution in [3.05, 3.63) is 200 Å². The smallest absolute Gasteiger partial charge is 0.136 e. The summed E-state index contributed by atoms with van der Waals surface area (Å²) in [6.07, 6.45) is 0. The van der Waals surface area contributed by atoms with Crippen LogP contribution in [0.2, 0.25) is 0 Å². The molecule has 0 aliphatic rings. The van der Waals surface area contributed by atoms with E-state index in [4.69, 9.17) is 4.42 Å². The van der Waals surface area contributed by atoms with E-state index >= 15 is 0 Å². The molecule has 9 aromatic rings. The largest absolute Gasteiger partial charge is 0.456 e. The van der Waals surface area contributed by atoms with Gasteiger partial charge < -0.3 is 9.32 Å². The lowest BCUT2D eigenvalue weighted by molar-refractivity contribution is 0.669. The van der Waals surface area contributed by atoms with Gasteiger partial charge in [0, 0.05) is 27.8 Å². The average molecular weight is 640 g/mol. The molecule has 0 saturated heterocycles. The minimum atomic E-state index is 0.914. The molecule has 0 fully saturated rings. The zero-order chi connectivity index (χ0) is 33.3. The molecule has 236 valence electrons. The molecular weight excluding hydrogens is 607 g/mol. The van der Waals surface area contributed by atoms with Gasteiger partial charge in [-0.15, -0.1) is 0 Å². The molecule has 0 aliphatic carbocycles. The molecule has 0 amide bonds. The first-order chi connectivity index (χ1) is 24.8. The van der Waals surface area contributed by atoms with Crippen molar-refractivity contribution in [2.45, 2.75) is 0 Å². The summed E-state index contributed by atoms with van der Waals surface area (Å²) in [5.74, 6) is 0. The highest BCUT2D eigenvalue weighted by atomic mass is 16.3. The van der Waals surface area contributed by atoms with Gasteiger partial charge >= 0.3 is 0 Å². The maximum Gasteiger partial charge on any atom is 0.136 e. The normalized spacial score (nSPS) is 11.2. The first-order valence-corrected chi connectivity index (χ1v) is 17.0. The lowest BCUT2D eigenvalue weighted by atomic mass is 9.99. The zero-order valence-electron chi connectivity index (χ0n) is 27.4.